The molecule has 0 aromatic heterocycles. The molecule has 0 radical (unpaired) electrons. The van der Waals surface area contributed by atoms with Crippen LogP contribution in [0.2, 0.25) is 0 Å². The number of carbonyl (C=O) groups is 1. The molecule has 27 heavy (non-hydrogen) atoms. The number of nitrogens with zero attached hydrogens (tertiary/aromatic N) is 2. The van der Waals surface area contributed by atoms with Crippen LogP contribution in [-0.2, 0) is 16.1 Å². The predicted octanol–water partition coefficient (Wildman–Crippen LogP) is 1.62. The number of likely N-dealkylation sites (tertiary alicyclic amines) is 1. The minimum atomic E-state index is -0.0555. The Bertz CT molecular complexity index is 645. The quantitative estimate of drug-likeness (QED) is 0.375. The molecule has 1 amide bonds. The van der Waals surface area contributed by atoms with E-state index >= 15 is 0 Å². The number of nitrogens with one attached hydrogen (secondary N) is 2. The molecular formula is C19H29IN4O3. The van der Waals surface area contributed by atoms with E-state index in [1.54, 1.807) is 14.2 Å². The van der Waals surface area contributed by atoms with Crippen LogP contribution in [0.4, 0.5) is 0 Å². The number of guanidine groups is 1. The van der Waals surface area contributed by atoms with Gasteiger partial charge < -0.3 is 25.0 Å². The van der Waals surface area contributed by atoms with Crippen molar-refractivity contribution < 1.29 is 14.3 Å². The molecule has 2 heterocycles. The van der Waals surface area contributed by atoms with Gasteiger partial charge in [-0.15, -0.1) is 24.0 Å². The predicted molar refractivity (Wildman–Crippen MR) is 116 cm³/mol. The van der Waals surface area contributed by atoms with Crippen molar-refractivity contribution in [1.29, 1.82) is 0 Å². The van der Waals surface area contributed by atoms with Gasteiger partial charge in [0.05, 0.1) is 20.3 Å². The SMILES string of the molecule is CN=C(NCC(=O)NCc1ccc(OC)cc1)N1CCC2(CCOC2)C1.I. The van der Waals surface area contributed by atoms with Crippen molar-refractivity contribution in [2.75, 3.05) is 47.0 Å². The Morgan fingerprint density at radius 2 is 2.07 bits per heavy atom. The second-order valence-corrected chi connectivity index (χ2v) is 7.00. The normalized spacial score (nSPS) is 21.9. The molecule has 1 aromatic rings. The highest BCUT2D eigenvalue weighted by atomic mass is 127. The first kappa shape index (κ1) is 21.7. The molecule has 1 aromatic carbocycles. The first-order valence-electron chi connectivity index (χ1n) is 9.07. The Labute approximate surface area is 177 Å². The van der Waals surface area contributed by atoms with Crippen LogP contribution < -0.4 is 15.4 Å². The number of rotatable bonds is 5. The van der Waals surface area contributed by atoms with E-state index < -0.39 is 0 Å². The summed E-state index contributed by atoms with van der Waals surface area (Å²) in [5.74, 6) is 1.54. The number of benzene rings is 1. The number of hydrogen-bond acceptors (Lipinski definition) is 4. The number of amides is 1. The zero-order valence-corrected chi connectivity index (χ0v) is 18.3. The van der Waals surface area contributed by atoms with Crippen LogP contribution >= 0.6 is 24.0 Å². The zero-order valence-electron chi connectivity index (χ0n) is 16.0. The van der Waals surface area contributed by atoms with Gasteiger partial charge in [0, 0.05) is 38.7 Å². The van der Waals surface area contributed by atoms with Gasteiger partial charge >= 0.3 is 0 Å². The summed E-state index contributed by atoms with van der Waals surface area (Å²) in [6.07, 6.45) is 2.24. The molecule has 7 nitrogen and oxygen atoms in total. The van der Waals surface area contributed by atoms with E-state index in [1.807, 2.05) is 24.3 Å². The van der Waals surface area contributed by atoms with Gasteiger partial charge in [0.2, 0.25) is 5.91 Å². The molecule has 2 fully saturated rings. The lowest BCUT2D eigenvalue weighted by Crippen LogP contribution is -2.45. The zero-order chi connectivity index (χ0) is 18.4. The molecular weight excluding hydrogens is 459 g/mol. The van der Waals surface area contributed by atoms with Gasteiger partial charge in [-0.05, 0) is 30.5 Å². The molecule has 2 aliphatic heterocycles. The maximum atomic E-state index is 12.1. The number of halogens is 1. The van der Waals surface area contributed by atoms with Crippen molar-refractivity contribution in [3.8, 4) is 5.75 Å². The van der Waals surface area contributed by atoms with Gasteiger partial charge in [0.25, 0.3) is 0 Å². The van der Waals surface area contributed by atoms with E-state index in [0.29, 0.717) is 6.54 Å². The summed E-state index contributed by atoms with van der Waals surface area (Å²) in [4.78, 5) is 18.7. The highest BCUT2D eigenvalue weighted by Gasteiger charge is 2.42. The smallest absolute Gasteiger partial charge is 0.239 e. The number of ether oxygens (including phenoxy) is 2. The summed E-state index contributed by atoms with van der Waals surface area (Å²) in [7, 11) is 3.39. The second-order valence-electron chi connectivity index (χ2n) is 7.00. The average molecular weight is 488 g/mol. The number of carbonyl (C=O) groups excluding carboxylic acids is 1. The summed E-state index contributed by atoms with van der Waals surface area (Å²) in [5.41, 5.74) is 1.31. The van der Waals surface area contributed by atoms with Crippen LogP contribution in [-0.4, -0.2) is 63.8 Å². The largest absolute Gasteiger partial charge is 0.497 e. The van der Waals surface area contributed by atoms with Crippen LogP contribution in [0.3, 0.4) is 0 Å². The van der Waals surface area contributed by atoms with Gasteiger partial charge in [-0.3, -0.25) is 9.79 Å². The van der Waals surface area contributed by atoms with E-state index in [-0.39, 0.29) is 41.8 Å². The highest BCUT2D eigenvalue weighted by molar-refractivity contribution is 14.0. The molecule has 0 aliphatic carbocycles. The summed E-state index contributed by atoms with van der Waals surface area (Å²) in [6.45, 7) is 4.29. The third-order valence-corrected chi connectivity index (χ3v) is 5.19. The fourth-order valence-corrected chi connectivity index (χ4v) is 3.59. The van der Waals surface area contributed by atoms with E-state index in [9.17, 15) is 4.79 Å². The first-order valence-corrected chi connectivity index (χ1v) is 9.07. The van der Waals surface area contributed by atoms with Crippen molar-refractivity contribution in [2.45, 2.75) is 19.4 Å². The van der Waals surface area contributed by atoms with Crippen molar-refractivity contribution in [1.82, 2.24) is 15.5 Å². The molecule has 0 saturated carbocycles. The summed E-state index contributed by atoms with van der Waals surface area (Å²) in [5, 5.41) is 6.09. The van der Waals surface area contributed by atoms with Gasteiger partial charge in [-0.1, -0.05) is 12.1 Å². The lowest BCUT2D eigenvalue weighted by Gasteiger charge is -2.24. The summed E-state index contributed by atoms with van der Waals surface area (Å²) in [6, 6.07) is 7.66. The molecule has 0 bridgehead atoms. The Balaban J connectivity index is 0.00000261. The van der Waals surface area contributed by atoms with Crippen molar-refractivity contribution in [3.05, 3.63) is 29.8 Å². The van der Waals surface area contributed by atoms with E-state index in [1.165, 1.54) is 0 Å². The Hall–Kier alpha value is -1.55. The highest BCUT2D eigenvalue weighted by Crippen LogP contribution is 2.38. The number of hydrogen-bond donors (Lipinski definition) is 2. The standard InChI is InChI=1S/C19H28N4O3.HI/c1-20-18(23-9-7-19(13-23)8-10-26-14-19)22-12-17(24)21-11-15-3-5-16(25-2)6-4-15;/h3-6H,7-14H2,1-2H3,(H,20,22)(H,21,24);1H. The van der Waals surface area contributed by atoms with Gasteiger partial charge in [-0.25, -0.2) is 0 Å². The van der Waals surface area contributed by atoms with Crippen LogP contribution in [0.5, 0.6) is 5.75 Å². The van der Waals surface area contributed by atoms with E-state index in [2.05, 4.69) is 20.5 Å². The Morgan fingerprint density at radius 1 is 1.30 bits per heavy atom. The van der Waals surface area contributed by atoms with Crippen LogP contribution in [0.1, 0.15) is 18.4 Å². The van der Waals surface area contributed by atoms with Crippen molar-refractivity contribution in [3.63, 3.8) is 0 Å². The lowest BCUT2D eigenvalue weighted by molar-refractivity contribution is -0.120. The fraction of sp³-hybridized carbons (Fsp3) is 0.579. The molecule has 3 rings (SSSR count). The molecule has 1 spiro atoms. The summed E-state index contributed by atoms with van der Waals surface area (Å²) >= 11 is 0. The molecule has 1 unspecified atom stereocenters. The fourth-order valence-electron chi connectivity index (χ4n) is 3.59. The topological polar surface area (TPSA) is 75.2 Å². The van der Waals surface area contributed by atoms with E-state index in [0.717, 1.165) is 56.4 Å². The molecule has 1 atom stereocenters. The van der Waals surface area contributed by atoms with Gasteiger partial charge in [0.15, 0.2) is 5.96 Å². The van der Waals surface area contributed by atoms with Crippen molar-refractivity contribution in [2.24, 2.45) is 10.4 Å². The van der Waals surface area contributed by atoms with Gasteiger partial charge in [0.1, 0.15) is 5.75 Å². The first-order chi connectivity index (χ1) is 12.6. The minimum Gasteiger partial charge on any atom is -0.497 e. The van der Waals surface area contributed by atoms with Crippen molar-refractivity contribution >= 4 is 35.8 Å². The maximum Gasteiger partial charge on any atom is 0.239 e. The number of methoxy groups -OCH3 is 1. The molecule has 8 heteroatoms. The van der Waals surface area contributed by atoms with Crippen LogP contribution in [0.15, 0.2) is 29.3 Å². The Kier molecular flexibility index (Phi) is 8.15. The van der Waals surface area contributed by atoms with E-state index in [4.69, 9.17) is 9.47 Å². The average Bonchev–Trinajstić information content (AvgIpc) is 3.31. The maximum absolute atomic E-state index is 12.1. The molecule has 150 valence electrons. The molecule has 2 N–H and O–H groups in total. The monoisotopic (exact) mass is 488 g/mol. The second kappa shape index (κ2) is 10.1. The third-order valence-electron chi connectivity index (χ3n) is 5.19. The van der Waals surface area contributed by atoms with Crippen LogP contribution in [0, 0.1) is 5.41 Å². The molecule has 2 saturated heterocycles. The van der Waals surface area contributed by atoms with Crippen LogP contribution in [0.25, 0.3) is 0 Å². The van der Waals surface area contributed by atoms with Gasteiger partial charge in [-0.2, -0.15) is 0 Å². The number of aliphatic imine (C=N–C) groups is 1. The molecule has 2 aliphatic rings. The third kappa shape index (κ3) is 5.71. The minimum absolute atomic E-state index is 0. The lowest BCUT2D eigenvalue weighted by atomic mass is 9.87. The summed E-state index contributed by atoms with van der Waals surface area (Å²) < 4.78 is 10.7. The Morgan fingerprint density at radius 3 is 2.70 bits per heavy atom.